The van der Waals surface area contributed by atoms with Crippen molar-refractivity contribution < 1.29 is 19.4 Å². The van der Waals surface area contributed by atoms with Crippen LogP contribution in [0.2, 0.25) is 0 Å². The molecule has 132 valence electrons. The minimum absolute atomic E-state index is 0.0452. The van der Waals surface area contributed by atoms with E-state index in [9.17, 15) is 9.90 Å². The van der Waals surface area contributed by atoms with E-state index in [2.05, 4.69) is 4.90 Å². The number of nitrogens with zero attached hydrogens (tertiary/aromatic N) is 2. The van der Waals surface area contributed by atoms with Gasteiger partial charge >= 0.3 is 0 Å². The fourth-order valence-electron chi connectivity index (χ4n) is 3.30. The van der Waals surface area contributed by atoms with Crippen molar-refractivity contribution in [3.8, 4) is 5.75 Å². The van der Waals surface area contributed by atoms with Gasteiger partial charge in [0.1, 0.15) is 5.75 Å². The van der Waals surface area contributed by atoms with Gasteiger partial charge in [0.25, 0.3) is 0 Å². The third-order valence-electron chi connectivity index (χ3n) is 4.63. The third kappa shape index (κ3) is 4.69. The van der Waals surface area contributed by atoms with Gasteiger partial charge in [-0.1, -0.05) is 18.2 Å². The number of aliphatic hydroxyl groups is 1. The highest BCUT2D eigenvalue weighted by molar-refractivity contribution is 5.76. The number of ether oxygens (including phenoxy) is 2. The summed E-state index contributed by atoms with van der Waals surface area (Å²) in [4.78, 5) is 16.3. The number of carbonyl (C=O) groups is 1. The fourth-order valence-corrected chi connectivity index (χ4v) is 3.30. The Labute approximate surface area is 143 Å². The minimum Gasteiger partial charge on any atom is -0.493 e. The van der Waals surface area contributed by atoms with Gasteiger partial charge in [0.2, 0.25) is 5.91 Å². The molecule has 2 saturated heterocycles. The zero-order valence-corrected chi connectivity index (χ0v) is 14.0. The van der Waals surface area contributed by atoms with Crippen molar-refractivity contribution in [2.24, 2.45) is 0 Å². The zero-order chi connectivity index (χ0) is 16.8. The molecule has 24 heavy (non-hydrogen) atoms. The van der Waals surface area contributed by atoms with Crippen LogP contribution in [0.1, 0.15) is 12.8 Å². The molecule has 1 aromatic carbocycles. The molecule has 0 saturated carbocycles. The van der Waals surface area contributed by atoms with Crippen molar-refractivity contribution in [2.45, 2.75) is 18.4 Å². The molecule has 1 aromatic rings. The highest BCUT2D eigenvalue weighted by Gasteiger charge is 2.39. The van der Waals surface area contributed by atoms with E-state index in [1.807, 2.05) is 30.3 Å². The molecular weight excluding hydrogens is 308 g/mol. The summed E-state index contributed by atoms with van der Waals surface area (Å²) in [6.45, 7) is 5.13. The molecule has 1 atom stereocenters. The molecule has 0 unspecified atom stereocenters. The van der Waals surface area contributed by atoms with Crippen molar-refractivity contribution in [3.05, 3.63) is 30.3 Å². The Kier molecular flexibility index (Phi) is 5.71. The molecule has 2 fully saturated rings. The number of hydrogen-bond donors (Lipinski definition) is 1. The lowest BCUT2D eigenvalue weighted by Gasteiger charge is -2.33. The van der Waals surface area contributed by atoms with Gasteiger partial charge in [-0.2, -0.15) is 0 Å². The summed E-state index contributed by atoms with van der Waals surface area (Å²) < 4.78 is 10.9. The number of likely N-dealkylation sites (tertiary alicyclic amines) is 1. The van der Waals surface area contributed by atoms with Gasteiger partial charge in [-0.15, -0.1) is 0 Å². The van der Waals surface area contributed by atoms with E-state index in [1.165, 1.54) is 0 Å². The molecule has 3 rings (SSSR count). The number of carbonyl (C=O) groups excluding carboxylic acids is 1. The first-order valence-electron chi connectivity index (χ1n) is 8.63. The second-order valence-electron chi connectivity index (χ2n) is 6.59. The molecule has 6 nitrogen and oxygen atoms in total. The predicted octanol–water partition coefficient (Wildman–Crippen LogP) is 0.751. The first-order chi connectivity index (χ1) is 11.6. The number of amides is 1. The summed E-state index contributed by atoms with van der Waals surface area (Å²) in [6, 6.07) is 9.49. The van der Waals surface area contributed by atoms with Gasteiger partial charge in [-0.05, 0) is 18.6 Å². The fraction of sp³-hybridized carbons (Fsp3) is 0.611. The first kappa shape index (κ1) is 17.2. The van der Waals surface area contributed by atoms with Gasteiger partial charge < -0.3 is 19.5 Å². The van der Waals surface area contributed by atoms with E-state index in [-0.39, 0.29) is 5.91 Å². The lowest BCUT2D eigenvalue weighted by molar-refractivity contribution is -0.132. The SMILES string of the molecule is O=C(CCOc1ccccc1)N1CC[C@@](O)(CN2CCOCC2)C1. The van der Waals surface area contributed by atoms with E-state index < -0.39 is 5.60 Å². The minimum atomic E-state index is -0.798. The molecule has 2 aliphatic rings. The molecule has 0 bridgehead atoms. The zero-order valence-electron chi connectivity index (χ0n) is 14.0. The third-order valence-corrected chi connectivity index (χ3v) is 4.63. The largest absolute Gasteiger partial charge is 0.493 e. The van der Waals surface area contributed by atoms with Gasteiger partial charge in [0, 0.05) is 26.2 Å². The predicted molar refractivity (Wildman–Crippen MR) is 90.0 cm³/mol. The van der Waals surface area contributed by atoms with Crippen LogP contribution in [0.5, 0.6) is 5.75 Å². The molecule has 0 spiro atoms. The summed E-state index contributed by atoms with van der Waals surface area (Å²) in [6.07, 6.45) is 0.970. The lowest BCUT2D eigenvalue weighted by atomic mass is 10.0. The smallest absolute Gasteiger partial charge is 0.226 e. The van der Waals surface area contributed by atoms with Crippen LogP contribution >= 0.6 is 0 Å². The van der Waals surface area contributed by atoms with Crippen LogP contribution in [0.15, 0.2) is 30.3 Å². The Morgan fingerprint density at radius 2 is 1.96 bits per heavy atom. The quantitative estimate of drug-likeness (QED) is 0.832. The molecule has 6 heteroatoms. The van der Waals surface area contributed by atoms with Crippen molar-refractivity contribution in [2.75, 3.05) is 52.5 Å². The Morgan fingerprint density at radius 1 is 1.21 bits per heavy atom. The van der Waals surface area contributed by atoms with Crippen LogP contribution in [0.3, 0.4) is 0 Å². The standard InChI is InChI=1S/C18H26N2O4/c21-17(6-11-24-16-4-2-1-3-5-16)20-8-7-18(22,15-20)14-19-9-12-23-13-10-19/h1-5,22H,6-15H2/t18-/m1/s1. The average molecular weight is 334 g/mol. The molecule has 1 amide bonds. The Bertz CT molecular complexity index is 533. The van der Waals surface area contributed by atoms with Crippen molar-refractivity contribution in [1.29, 1.82) is 0 Å². The maximum Gasteiger partial charge on any atom is 0.226 e. The van der Waals surface area contributed by atoms with Gasteiger partial charge in [0.15, 0.2) is 0 Å². The maximum absolute atomic E-state index is 12.3. The second kappa shape index (κ2) is 7.96. The van der Waals surface area contributed by atoms with Gasteiger partial charge in [0.05, 0.1) is 38.4 Å². The molecular formula is C18H26N2O4. The number of rotatable bonds is 6. The monoisotopic (exact) mass is 334 g/mol. The number of benzene rings is 1. The average Bonchev–Trinajstić information content (AvgIpc) is 2.98. The van der Waals surface area contributed by atoms with E-state index >= 15 is 0 Å². The summed E-state index contributed by atoms with van der Waals surface area (Å²) in [5.41, 5.74) is -0.798. The summed E-state index contributed by atoms with van der Waals surface area (Å²) in [5.74, 6) is 0.819. The number of morpholine rings is 1. The van der Waals surface area contributed by atoms with Gasteiger partial charge in [-0.25, -0.2) is 0 Å². The lowest BCUT2D eigenvalue weighted by Crippen LogP contribution is -2.49. The van der Waals surface area contributed by atoms with Crippen LogP contribution in [0.4, 0.5) is 0 Å². The molecule has 0 aliphatic carbocycles. The molecule has 0 radical (unpaired) electrons. The summed E-state index contributed by atoms with van der Waals surface area (Å²) in [7, 11) is 0. The normalized spacial score (nSPS) is 25.0. The summed E-state index contributed by atoms with van der Waals surface area (Å²) >= 11 is 0. The summed E-state index contributed by atoms with van der Waals surface area (Å²) in [5, 5.41) is 10.8. The number of β-amino-alcohol motifs (C(OH)–C–C–N with tert-alkyl or cyclic N) is 1. The maximum atomic E-state index is 12.3. The van der Waals surface area contributed by atoms with Crippen molar-refractivity contribution in [3.63, 3.8) is 0 Å². The van der Waals surface area contributed by atoms with E-state index in [0.717, 1.165) is 32.1 Å². The van der Waals surface area contributed by atoms with E-state index in [0.29, 0.717) is 39.1 Å². The van der Waals surface area contributed by atoms with Crippen LogP contribution < -0.4 is 4.74 Å². The number of para-hydroxylation sites is 1. The molecule has 2 heterocycles. The number of hydrogen-bond acceptors (Lipinski definition) is 5. The highest BCUT2D eigenvalue weighted by Crippen LogP contribution is 2.23. The van der Waals surface area contributed by atoms with Crippen molar-refractivity contribution in [1.82, 2.24) is 9.80 Å². The molecule has 0 aromatic heterocycles. The van der Waals surface area contributed by atoms with Gasteiger partial charge in [-0.3, -0.25) is 9.69 Å². The topological polar surface area (TPSA) is 62.2 Å². The van der Waals surface area contributed by atoms with Crippen LogP contribution in [0, 0.1) is 0 Å². The van der Waals surface area contributed by atoms with Crippen LogP contribution in [0.25, 0.3) is 0 Å². The first-order valence-corrected chi connectivity index (χ1v) is 8.63. The Hall–Kier alpha value is -1.63. The van der Waals surface area contributed by atoms with Crippen LogP contribution in [-0.2, 0) is 9.53 Å². The van der Waals surface area contributed by atoms with Crippen molar-refractivity contribution >= 4 is 5.91 Å². The Balaban J connectivity index is 1.41. The van der Waals surface area contributed by atoms with Crippen LogP contribution in [-0.4, -0.2) is 79.0 Å². The van der Waals surface area contributed by atoms with E-state index in [4.69, 9.17) is 9.47 Å². The second-order valence-corrected chi connectivity index (χ2v) is 6.59. The Morgan fingerprint density at radius 3 is 2.71 bits per heavy atom. The highest BCUT2D eigenvalue weighted by atomic mass is 16.5. The van der Waals surface area contributed by atoms with E-state index in [1.54, 1.807) is 4.90 Å². The molecule has 1 N–H and O–H groups in total. The molecule has 2 aliphatic heterocycles.